The summed E-state index contributed by atoms with van der Waals surface area (Å²) in [6.07, 6.45) is 0. The first-order chi connectivity index (χ1) is 29.3. The molecule has 0 radical (unpaired) electrons. The zero-order valence-electron chi connectivity index (χ0n) is 32.4. The van der Waals surface area contributed by atoms with E-state index in [4.69, 9.17) is 0 Å². The van der Waals surface area contributed by atoms with Crippen molar-refractivity contribution in [1.82, 2.24) is 0 Å². The minimum atomic E-state index is -0.512. The van der Waals surface area contributed by atoms with Crippen molar-refractivity contribution in [3.8, 4) is 44.5 Å². The van der Waals surface area contributed by atoms with Crippen molar-refractivity contribution in [2.24, 2.45) is 0 Å². The van der Waals surface area contributed by atoms with E-state index in [0.29, 0.717) is 0 Å². The summed E-state index contributed by atoms with van der Waals surface area (Å²) in [6.45, 7) is 0. The third kappa shape index (κ3) is 5.10. The van der Waals surface area contributed by atoms with Crippen molar-refractivity contribution in [1.29, 1.82) is 0 Å². The highest BCUT2D eigenvalue weighted by atomic mass is 14.5. The van der Waals surface area contributed by atoms with Gasteiger partial charge in [-0.15, -0.1) is 0 Å². The number of fused-ring (bicyclic) bond motifs is 7. The second-order valence-electron chi connectivity index (χ2n) is 16.0. The molecular formula is C59H38. The second kappa shape index (κ2) is 13.3. The minimum Gasteiger partial charge on any atom is -0.0622 e. The second-order valence-corrected chi connectivity index (χ2v) is 16.0. The zero-order valence-corrected chi connectivity index (χ0v) is 32.4. The van der Waals surface area contributed by atoms with E-state index in [1.54, 1.807) is 0 Å². The molecule has 1 aliphatic carbocycles. The lowest BCUT2D eigenvalue weighted by molar-refractivity contribution is 0.770. The molecule has 0 heteroatoms. The largest absolute Gasteiger partial charge is 0.0714 e. The maximum atomic E-state index is 2.52. The Morgan fingerprint density at radius 2 is 0.678 bits per heavy atom. The molecule has 0 amide bonds. The minimum absolute atomic E-state index is 0.512. The number of rotatable bonds is 5. The Morgan fingerprint density at radius 3 is 1.29 bits per heavy atom. The van der Waals surface area contributed by atoms with E-state index in [2.05, 4.69) is 231 Å². The fourth-order valence-corrected chi connectivity index (χ4v) is 10.3. The van der Waals surface area contributed by atoms with Crippen molar-refractivity contribution < 1.29 is 0 Å². The third-order valence-corrected chi connectivity index (χ3v) is 12.9. The third-order valence-electron chi connectivity index (χ3n) is 12.9. The Hall–Kier alpha value is -7.54. The van der Waals surface area contributed by atoms with Crippen LogP contribution < -0.4 is 0 Å². The quantitative estimate of drug-likeness (QED) is 0.154. The van der Waals surface area contributed by atoms with Gasteiger partial charge in [0.1, 0.15) is 0 Å². The van der Waals surface area contributed by atoms with E-state index in [1.807, 2.05) is 0 Å². The predicted octanol–water partition coefficient (Wildman–Crippen LogP) is 15.7. The number of benzene rings is 11. The summed E-state index contributed by atoms with van der Waals surface area (Å²) in [6, 6.07) is 85.8. The molecule has 12 rings (SSSR count). The van der Waals surface area contributed by atoms with Gasteiger partial charge in [-0.3, -0.25) is 0 Å². The van der Waals surface area contributed by atoms with Crippen LogP contribution in [0.2, 0.25) is 0 Å². The van der Waals surface area contributed by atoms with Gasteiger partial charge in [-0.05, 0) is 140 Å². The SMILES string of the molecule is c1ccc(C2(c3ccccc3)c3cc(-c4c5ccccc5c(-c5cccc(-c6ccc7ccccc7c6)c5)c5ccccc45)ccc3-c3cc4ccccc4cc32)cc1. The molecule has 11 aromatic carbocycles. The molecular weight excluding hydrogens is 709 g/mol. The van der Waals surface area contributed by atoms with Crippen LogP contribution in [0.1, 0.15) is 22.3 Å². The van der Waals surface area contributed by atoms with Gasteiger partial charge >= 0.3 is 0 Å². The summed E-state index contributed by atoms with van der Waals surface area (Å²) in [5.74, 6) is 0. The maximum Gasteiger partial charge on any atom is 0.0714 e. The molecule has 0 bridgehead atoms. The summed E-state index contributed by atoms with van der Waals surface area (Å²) in [7, 11) is 0. The van der Waals surface area contributed by atoms with Gasteiger partial charge in [0.25, 0.3) is 0 Å². The van der Waals surface area contributed by atoms with Crippen LogP contribution in [-0.2, 0) is 5.41 Å². The molecule has 0 fully saturated rings. The van der Waals surface area contributed by atoms with Crippen LogP contribution in [0, 0.1) is 0 Å². The average molecular weight is 747 g/mol. The summed E-state index contributed by atoms with van der Waals surface area (Å²) in [5, 5.41) is 10.0. The molecule has 0 aliphatic heterocycles. The van der Waals surface area contributed by atoms with Crippen LogP contribution in [-0.4, -0.2) is 0 Å². The van der Waals surface area contributed by atoms with Crippen LogP contribution in [0.15, 0.2) is 231 Å². The molecule has 0 aromatic heterocycles. The highest BCUT2D eigenvalue weighted by Crippen LogP contribution is 2.58. The molecule has 0 nitrogen and oxygen atoms in total. The van der Waals surface area contributed by atoms with E-state index in [0.717, 1.165) is 0 Å². The van der Waals surface area contributed by atoms with Gasteiger partial charge in [-0.2, -0.15) is 0 Å². The Morgan fingerprint density at radius 1 is 0.237 bits per heavy atom. The molecule has 1 aliphatic rings. The molecule has 59 heavy (non-hydrogen) atoms. The molecule has 0 atom stereocenters. The van der Waals surface area contributed by atoms with Crippen LogP contribution in [0.25, 0.3) is 87.6 Å². The standard InChI is InChI=1S/C59H38/c1-3-22-47(23-4-1)59(48-24-5-2-6-25-48)55-38-46(32-33-49(55)54-36-42-18-9-10-19-43(42)37-56(54)59)58-52-28-13-11-26-50(52)57(51-27-12-14-29-53(51)58)45-21-15-20-41(35-45)44-31-30-39-16-7-8-17-40(39)34-44/h1-38H. The fourth-order valence-electron chi connectivity index (χ4n) is 10.3. The van der Waals surface area contributed by atoms with E-state index in [9.17, 15) is 0 Å². The summed E-state index contributed by atoms with van der Waals surface area (Å²) >= 11 is 0. The molecule has 0 saturated carbocycles. The molecule has 11 aromatic rings. The molecule has 0 heterocycles. The van der Waals surface area contributed by atoms with E-state index < -0.39 is 5.41 Å². The molecule has 0 saturated heterocycles. The van der Waals surface area contributed by atoms with Gasteiger partial charge < -0.3 is 0 Å². The number of hydrogen-bond acceptors (Lipinski definition) is 0. The highest BCUT2D eigenvalue weighted by Gasteiger charge is 2.46. The average Bonchev–Trinajstić information content (AvgIpc) is 3.59. The Bertz CT molecular complexity index is 3330. The van der Waals surface area contributed by atoms with Gasteiger partial charge in [-0.1, -0.05) is 200 Å². The van der Waals surface area contributed by atoms with Crippen LogP contribution >= 0.6 is 0 Å². The first-order valence-electron chi connectivity index (χ1n) is 20.6. The van der Waals surface area contributed by atoms with E-state index in [-0.39, 0.29) is 0 Å². The molecule has 0 N–H and O–H groups in total. The van der Waals surface area contributed by atoms with Gasteiger partial charge in [0.2, 0.25) is 0 Å². The summed E-state index contributed by atoms with van der Waals surface area (Å²) in [4.78, 5) is 0. The van der Waals surface area contributed by atoms with E-state index in [1.165, 1.54) is 110 Å². The first-order valence-corrected chi connectivity index (χ1v) is 20.6. The van der Waals surface area contributed by atoms with Gasteiger partial charge in [-0.25, -0.2) is 0 Å². The van der Waals surface area contributed by atoms with Crippen molar-refractivity contribution in [3.63, 3.8) is 0 Å². The Labute approximate surface area is 344 Å². The first kappa shape index (κ1) is 33.6. The topological polar surface area (TPSA) is 0 Å². The van der Waals surface area contributed by atoms with Gasteiger partial charge in [0.05, 0.1) is 5.41 Å². The molecule has 0 unspecified atom stereocenters. The van der Waals surface area contributed by atoms with Crippen molar-refractivity contribution in [2.45, 2.75) is 5.41 Å². The van der Waals surface area contributed by atoms with Gasteiger partial charge in [0, 0.05) is 0 Å². The maximum absolute atomic E-state index is 2.52. The lowest BCUT2D eigenvalue weighted by Crippen LogP contribution is -2.28. The van der Waals surface area contributed by atoms with Gasteiger partial charge in [0.15, 0.2) is 0 Å². The molecule has 0 spiro atoms. The van der Waals surface area contributed by atoms with Crippen LogP contribution in [0.4, 0.5) is 0 Å². The van der Waals surface area contributed by atoms with Crippen LogP contribution in [0.3, 0.4) is 0 Å². The lowest BCUT2D eigenvalue weighted by atomic mass is 9.67. The molecule has 274 valence electrons. The van der Waals surface area contributed by atoms with Crippen molar-refractivity contribution in [3.05, 3.63) is 253 Å². The summed E-state index contributed by atoms with van der Waals surface area (Å²) in [5.41, 5.74) is 14.7. The van der Waals surface area contributed by atoms with Crippen molar-refractivity contribution in [2.75, 3.05) is 0 Å². The normalized spacial score (nSPS) is 12.9. The van der Waals surface area contributed by atoms with Crippen molar-refractivity contribution >= 4 is 43.1 Å². The lowest BCUT2D eigenvalue weighted by Gasteiger charge is -2.34. The highest BCUT2D eigenvalue weighted by molar-refractivity contribution is 6.21. The Balaban J connectivity index is 1.12. The van der Waals surface area contributed by atoms with Crippen LogP contribution in [0.5, 0.6) is 0 Å². The predicted molar refractivity (Wildman–Crippen MR) is 250 cm³/mol. The summed E-state index contributed by atoms with van der Waals surface area (Å²) < 4.78 is 0. The smallest absolute Gasteiger partial charge is 0.0622 e. The monoisotopic (exact) mass is 746 g/mol. The fraction of sp³-hybridized carbons (Fsp3) is 0.0169. The number of hydrogen-bond donors (Lipinski definition) is 0. The Kier molecular flexibility index (Phi) is 7.55. The van der Waals surface area contributed by atoms with E-state index >= 15 is 0 Å². The zero-order chi connectivity index (χ0) is 38.9.